The first-order valence-corrected chi connectivity index (χ1v) is 12.4. The van der Waals surface area contributed by atoms with E-state index in [1.54, 1.807) is 0 Å². The molecule has 0 spiro atoms. The highest BCUT2D eigenvalue weighted by Gasteiger charge is 2.54. The van der Waals surface area contributed by atoms with Gasteiger partial charge in [-0.1, -0.05) is 75.2 Å². The van der Waals surface area contributed by atoms with Crippen LogP contribution in [0.1, 0.15) is 56.6 Å². The number of likely N-dealkylation sites (tertiary alicyclic amines) is 1. The number of amides is 2. The number of nitrogens with zero attached hydrogens (tertiary/aromatic N) is 1. The number of carboxylic acids is 1. The molecule has 1 heterocycles. The molecule has 7 heteroatoms. The Morgan fingerprint density at radius 1 is 1.00 bits per heavy atom. The molecule has 2 fully saturated rings. The molecule has 1 saturated heterocycles. The number of alkyl carbamates (subject to hydrolysis) is 1. The number of carbonyl (C=O) groups excluding carboxylic acids is 2. The molecule has 2 amide bonds. The number of fused-ring (bicyclic) bond motifs is 3. The number of nitrogens with one attached hydrogen (secondary N) is 1. The zero-order valence-electron chi connectivity index (χ0n) is 20.2. The molecule has 3 aliphatic rings. The third-order valence-corrected chi connectivity index (χ3v) is 7.88. The van der Waals surface area contributed by atoms with E-state index < -0.39 is 29.4 Å². The second-order valence-corrected chi connectivity index (χ2v) is 10.7. The van der Waals surface area contributed by atoms with E-state index in [1.165, 1.54) is 16.0 Å². The van der Waals surface area contributed by atoms with Crippen LogP contribution < -0.4 is 5.32 Å². The summed E-state index contributed by atoms with van der Waals surface area (Å²) in [5, 5.41) is 12.6. The SMILES string of the molecule is CC1(C)CN(C(=O)[C@@H]2CCCC[C@@H]2NC(=O)OCC2c3ccccc3-c3ccccc32)C1C(=O)O. The summed E-state index contributed by atoms with van der Waals surface area (Å²) in [6, 6.07) is 15.2. The van der Waals surface area contributed by atoms with Crippen molar-refractivity contribution in [3.63, 3.8) is 0 Å². The molecule has 0 bridgehead atoms. The summed E-state index contributed by atoms with van der Waals surface area (Å²) in [6.45, 7) is 4.36. The average Bonchev–Trinajstić information content (AvgIpc) is 3.15. The lowest BCUT2D eigenvalue weighted by Gasteiger charge is -2.53. The van der Waals surface area contributed by atoms with E-state index in [1.807, 2.05) is 38.1 Å². The Bertz CT molecular complexity index is 1110. The number of hydrogen-bond acceptors (Lipinski definition) is 4. The van der Waals surface area contributed by atoms with Gasteiger partial charge in [-0.05, 0) is 35.1 Å². The lowest BCUT2D eigenvalue weighted by molar-refractivity contribution is -0.175. The van der Waals surface area contributed by atoms with Gasteiger partial charge in [0, 0.05) is 23.9 Å². The summed E-state index contributed by atoms with van der Waals surface area (Å²) in [5.74, 6) is -1.62. The summed E-state index contributed by atoms with van der Waals surface area (Å²) in [4.78, 5) is 39.3. The van der Waals surface area contributed by atoms with Gasteiger partial charge in [0.05, 0.1) is 5.92 Å². The minimum absolute atomic E-state index is 0.0309. The molecular formula is C28H32N2O5. The van der Waals surface area contributed by atoms with Gasteiger partial charge in [0.1, 0.15) is 12.6 Å². The highest BCUT2D eigenvalue weighted by Crippen LogP contribution is 2.44. The highest BCUT2D eigenvalue weighted by atomic mass is 16.5. The Morgan fingerprint density at radius 2 is 1.60 bits per heavy atom. The molecular weight excluding hydrogens is 444 g/mol. The number of carbonyl (C=O) groups is 3. The van der Waals surface area contributed by atoms with E-state index in [2.05, 4.69) is 29.6 Å². The van der Waals surface area contributed by atoms with Gasteiger partial charge in [-0.15, -0.1) is 0 Å². The van der Waals surface area contributed by atoms with Gasteiger partial charge in [-0.25, -0.2) is 9.59 Å². The Labute approximate surface area is 205 Å². The van der Waals surface area contributed by atoms with Gasteiger partial charge in [-0.2, -0.15) is 0 Å². The van der Waals surface area contributed by atoms with Gasteiger partial charge in [0.2, 0.25) is 5.91 Å². The Morgan fingerprint density at radius 3 is 2.20 bits per heavy atom. The van der Waals surface area contributed by atoms with Gasteiger partial charge in [0.25, 0.3) is 0 Å². The van der Waals surface area contributed by atoms with Crippen LogP contribution in [0.2, 0.25) is 0 Å². The fourth-order valence-corrected chi connectivity index (χ4v) is 6.20. The summed E-state index contributed by atoms with van der Waals surface area (Å²) in [7, 11) is 0. The van der Waals surface area contributed by atoms with Crippen LogP contribution in [0.3, 0.4) is 0 Å². The molecule has 2 N–H and O–H groups in total. The van der Waals surface area contributed by atoms with Crippen LogP contribution in [-0.2, 0) is 14.3 Å². The molecule has 2 aliphatic carbocycles. The smallest absolute Gasteiger partial charge is 0.407 e. The fourth-order valence-electron chi connectivity index (χ4n) is 6.20. The zero-order chi connectivity index (χ0) is 24.7. The molecule has 1 saturated carbocycles. The minimum Gasteiger partial charge on any atom is -0.480 e. The van der Waals surface area contributed by atoms with Gasteiger partial charge >= 0.3 is 12.1 Å². The van der Waals surface area contributed by atoms with Crippen LogP contribution in [0, 0.1) is 11.3 Å². The van der Waals surface area contributed by atoms with E-state index in [9.17, 15) is 19.5 Å². The third-order valence-electron chi connectivity index (χ3n) is 7.88. The molecule has 2 aromatic rings. The van der Waals surface area contributed by atoms with Crippen molar-refractivity contribution >= 4 is 18.0 Å². The molecule has 0 radical (unpaired) electrons. The Hall–Kier alpha value is -3.35. The first-order chi connectivity index (χ1) is 16.8. The molecule has 1 unspecified atom stereocenters. The van der Waals surface area contributed by atoms with Crippen molar-refractivity contribution in [1.82, 2.24) is 10.2 Å². The van der Waals surface area contributed by atoms with Crippen molar-refractivity contribution in [2.75, 3.05) is 13.2 Å². The number of carboxylic acid groups (broad SMARTS) is 1. The maximum atomic E-state index is 13.3. The summed E-state index contributed by atoms with van der Waals surface area (Å²) in [6.07, 6.45) is 2.57. The van der Waals surface area contributed by atoms with Gasteiger partial charge in [0.15, 0.2) is 0 Å². The Kier molecular flexibility index (Phi) is 6.03. The quantitative estimate of drug-likeness (QED) is 0.667. The summed E-state index contributed by atoms with van der Waals surface area (Å²) in [5.41, 5.74) is 4.17. The monoisotopic (exact) mass is 476 g/mol. The predicted octanol–water partition coefficient (Wildman–Crippen LogP) is 4.41. The maximum Gasteiger partial charge on any atom is 0.407 e. The molecule has 184 valence electrons. The van der Waals surface area contributed by atoms with Crippen molar-refractivity contribution in [3.05, 3.63) is 59.7 Å². The zero-order valence-corrected chi connectivity index (χ0v) is 20.2. The van der Waals surface area contributed by atoms with Crippen molar-refractivity contribution in [1.29, 1.82) is 0 Å². The van der Waals surface area contributed by atoms with Crippen LogP contribution in [-0.4, -0.2) is 53.2 Å². The number of rotatable bonds is 5. The predicted molar refractivity (Wildman–Crippen MR) is 131 cm³/mol. The lowest BCUT2D eigenvalue weighted by atomic mass is 9.73. The minimum atomic E-state index is -0.980. The third kappa shape index (κ3) is 4.17. The van der Waals surface area contributed by atoms with E-state index >= 15 is 0 Å². The van der Waals surface area contributed by atoms with E-state index in [0.717, 1.165) is 24.0 Å². The number of benzene rings is 2. The fraction of sp³-hybridized carbons (Fsp3) is 0.464. The normalized spacial score (nSPS) is 24.6. The Balaban J connectivity index is 1.24. The molecule has 1 aliphatic heterocycles. The van der Waals surface area contributed by atoms with Crippen LogP contribution in [0.25, 0.3) is 11.1 Å². The van der Waals surface area contributed by atoms with Crippen LogP contribution in [0.4, 0.5) is 4.79 Å². The molecule has 0 aromatic heterocycles. The summed E-state index contributed by atoms with van der Waals surface area (Å²) < 4.78 is 5.69. The van der Waals surface area contributed by atoms with Crippen LogP contribution in [0.5, 0.6) is 0 Å². The largest absolute Gasteiger partial charge is 0.480 e. The topological polar surface area (TPSA) is 95.9 Å². The average molecular weight is 477 g/mol. The molecule has 5 rings (SSSR count). The molecule has 3 atom stereocenters. The van der Waals surface area contributed by atoms with Gasteiger partial charge < -0.3 is 20.1 Å². The van der Waals surface area contributed by atoms with Gasteiger partial charge in [-0.3, -0.25) is 4.79 Å². The second kappa shape index (κ2) is 9.02. The van der Waals surface area contributed by atoms with Crippen molar-refractivity contribution in [2.24, 2.45) is 11.3 Å². The van der Waals surface area contributed by atoms with Crippen LogP contribution in [0.15, 0.2) is 48.5 Å². The van der Waals surface area contributed by atoms with E-state index in [4.69, 9.17) is 4.74 Å². The standard InChI is InChI=1S/C28H32N2O5/c1-28(2)16-30(24(28)26(32)33)25(31)21-13-7-8-14-23(21)29-27(34)35-15-22-19-11-5-3-9-17(19)18-10-4-6-12-20(18)22/h3-6,9-12,21-24H,7-8,13-16H2,1-2H3,(H,29,34)(H,32,33)/t21-,23+,24?/m1/s1. The number of hydrogen-bond donors (Lipinski definition) is 2. The summed E-state index contributed by atoms with van der Waals surface area (Å²) >= 11 is 0. The molecule has 35 heavy (non-hydrogen) atoms. The molecule has 2 aromatic carbocycles. The van der Waals surface area contributed by atoms with Crippen molar-refractivity contribution in [2.45, 2.75) is 57.5 Å². The second-order valence-electron chi connectivity index (χ2n) is 10.7. The van der Waals surface area contributed by atoms with Crippen molar-refractivity contribution < 1.29 is 24.2 Å². The maximum absolute atomic E-state index is 13.3. The highest BCUT2D eigenvalue weighted by molar-refractivity contribution is 5.88. The van der Waals surface area contributed by atoms with Crippen LogP contribution >= 0.6 is 0 Å². The van der Waals surface area contributed by atoms with E-state index in [0.29, 0.717) is 19.4 Å². The first kappa shape index (κ1) is 23.4. The van der Waals surface area contributed by atoms with Crippen molar-refractivity contribution in [3.8, 4) is 11.1 Å². The number of ether oxygens (including phenoxy) is 1. The van der Waals surface area contributed by atoms with E-state index in [-0.39, 0.29) is 24.5 Å². The lowest BCUT2D eigenvalue weighted by Crippen LogP contribution is -2.69. The first-order valence-electron chi connectivity index (χ1n) is 12.4. The number of aliphatic carboxylic acids is 1. The molecule has 7 nitrogen and oxygen atoms in total.